The Morgan fingerprint density at radius 1 is 0.963 bits per heavy atom. The molecule has 0 aliphatic heterocycles. The molecule has 0 saturated carbocycles. The fourth-order valence-corrected chi connectivity index (χ4v) is 3.60. The summed E-state index contributed by atoms with van der Waals surface area (Å²) in [5.74, 6) is -0.320. The number of benzene rings is 3. The highest BCUT2D eigenvalue weighted by atomic mass is 79.9. The third-order valence-corrected chi connectivity index (χ3v) is 5.09. The van der Waals surface area contributed by atoms with Crippen LogP contribution < -0.4 is 4.90 Å². The van der Waals surface area contributed by atoms with Crippen molar-refractivity contribution in [3.63, 3.8) is 0 Å². The van der Waals surface area contributed by atoms with Crippen molar-refractivity contribution < 1.29 is 9.18 Å². The van der Waals surface area contributed by atoms with Crippen molar-refractivity contribution in [1.82, 2.24) is 4.57 Å². The van der Waals surface area contributed by atoms with Gasteiger partial charge in [0.1, 0.15) is 5.82 Å². The van der Waals surface area contributed by atoms with E-state index in [2.05, 4.69) is 15.9 Å². The molecule has 0 bridgehead atoms. The van der Waals surface area contributed by atoms with Crippen LogP contribution in [-0.2, 0) is 6.54 Å². The van der Waals surface area contributed by atoms with Gasteiger partial charge in [0, 0.05) is 16.1 Å². The second-order valence-corrected chi connectivity index (χ2v) is 7.05. The molecule has 4 aromatic rings. The molecule has 3 aromatic carbocycles. The van der Waals surface area contributed by atoms with Crippen LogP contribution in [0.25, 0.3) is 10.9 Å². The summed E-state index contributed by atoms with van der Waals surface area (Å²) in [5, 5.41) is 0.690. The highest BCUT2D eigenvalue weighted by Crippen LogP contribution is 2.29. The van der Waals surface area contributed by atoms with E-state index in [4.69, 9.17) is 0 Å². The summed E-state index contributed by atoms with van der Waals surface area (Å²) in [6.45, 7) is 0.420. The maximum atomic E-state index is 13.5. The first kappa shape index (κ1) is 17.5. The number of anilines is 1. The molecule has 0 saturated heterocycles. The molecular weight excluding hydrogens is 407 g/mol. The Bertz CT molecular complexity index is 1110. The average Bonchev–Trinajstić information content (AvgIpc) is 3.10. The Labute approximate surface area is 164 Å². The number of hydrogen-bond acceptors (Lipinski definition) is 1. The summed E-state index contributed by atoms with van der Waals surface area (Å²) < 4.78 is 15.9. The highest BCUT2D eigenvalue weighted by Gasteiger charge is 2.21. The summed E-state index contributed by atoms with van der Waals surface area (Å²) in [4.78, 5) is 15.1. The van der Waals surface area contributed by atoms with Gasteiger partial charge in [0.25, 0.3) is 0 Å². The van der Waals surface area contributed by atoms with Crippen molar-refractivity contribution in [2.24, 2.45) is 0 Å². The van der Waals surface area contributed by atoms with Gasteiger partial charge < -0.3 is 0 Å². The first-order valence-electron chi connectivity index (χ1n) is 8.50. The van der Waals surface area contributed by atoms with E-state index in [1.165, 1.54) is 12.1 Å². The van der Waals surface area contributed by atoms with E-state index >= 15 is 0 Å². The third-order valence-electron chi connectivity index (χ3n) is 4.42. The Balaban J connectivity index is 1.79. The lowest BCUT2D eigenvalue weighted by Gasteiger charge is -2.24. The summed E-state index contributed by atoms with van der Waals surface area (Å²) in [7, 11) is 0. The number of aromatic nitrogens is 1. The molecule has 0 radical (unpaired) electrons. The van der Waals surface area contributed by atoms with Gasteiger partial charge in [-0.3, -0.25) is 9.47 Å². The van der Waals surface area contributed by atoms with Crippen molar-refractivity contribution in [2.45, 2.75) is 6.54 Å². The van der Waals surface area contributed by atoms with Gasteiger partial charge >= 0.3 is 6.03 Å². The van der Waals surface area contributed by atoms with E-state index in [9.17, 15) is 9.18 Å². The van der Waals surface area contributed by atoms with Crippen LogP contribution in [-0.4, -0.2) is 10.6 Å². The van der Waals surface area contributed by atoms with Crippen molar-refractivity contribution in [3.8, 4) is 0 Å². The molecule has 1 aromatic heterocycles. The molecular formula is C22H16BrFN2O. The van der Waals surface area contributed by atoms with Crippen molar-refractivity contribution >= 4 is 38.6 Å². The molecule has 5 heteroatoms. The first-order valence-corrected chi connectivity index (χ1v) is 9.30. The molecule has 0 aliphatic rings. The molecule has 4 rings (SSSR count). The number of carbonyl (C=O) groups is 1. The number of para-hydroxylation sites is 1. The molecule has 0 atom stereocenters. The number of hydrogen-bond donors (Lipinski definition) is 0. The zero-order valence-electron chi connectivity index (χ0n) is 14.3. The minimum Gasteiger partial charge on any atom is -0.288 e. The molecule has 0 N–H and O–H groups in total. The van der Waals surface area contributed by atoms with E-state index in [1.807, 2.05) is 54.6 Å². The molecule has 3 nitrogen and oxygen atoms in total. The van der Waals surface area contributed by atoms with Gasteiger partial charge in [-0.1, -0.05) is 42.5 Å². The van der Waals surface area contributed by atoms with Gasteiger partial charge in [0.05, 0.1) is 17.7 Å². The second kappa shape index (κ2) is 7.37. The van der Waals surface area contributed by atoms with E-state index < -0.39 is 0 Å². The lowest BCUT2D eigenvalue weighted by Crippen LogP contribution is -2.34. The van der Waals surface area contributed by atoms with Gasteiger partial charge in [-0.25, -0.2) is 9.18 Å². The Morgan fingerprint density at radius 3 is 2.48 bits per heavy atom. The molecule has 0 fully saturated rings. The number of amides is 1. The third kappa shape index (κ3) is 3.51. The SMILES string of the molecule is O=C(N(Cc1ccccc1)c1ccccc1Br)n1ccc2cc(F)ccc21. The largest absolute Gasteiger partial charge is 0.333 e. The maximum Gasteiger partial charge on any atom is 0.333 e. The summed E-state index contributed by atoms with van der Waals surface area (Å²) in [5.41, 5.74) is 2.46. The predicted molar refractivity (Wildman–Crippen MR) is 109 cm³/mol. The van der Waals surface area contributed by atoms with Crippen LogP contribution in [0.1, 0.15) is 5.56 Å². The van der Waals surface area contributed by atoms with Crippen LogP contribution in [0.2, 0.25) is 0 Å². The van der Waals surface area contributed by atoms with Crippen LogP contribution in [0.15, 0.2) is 89.5 Å². The number of nitrogens with zero attached hydrogens (tertiary/aromatic N) is 2. The van der Waals surface area contributed by atoms with Crippen LogP contribution >= 0.6 is 15.9 Å². The summed E-state index contributed by atoms with van der Waals surface area (Å²) in [6.07, 6.45) is 1.68. The molecule has 0 unspecified atom stereocenters. The number of rotatable bonds is 3. The van der Waals surface area contributed by atoms with E-state index in [0.717, 1.165) is 15.7 Å². The second-order valence-electron chi connectivity index (χ2n) is 6.19. The maximum absolute atomic E-state index is 13.5. The van der Waals surface area contributed by atoms with Crippen LogP contribution in [0.3, 0.4) is 0 Å². The van der Waals surface area contributed by atoms with Gasteiger partial charge in [-0.15, -0.1) is 0 Å². The first-order chi connectivity index (χ1) is 13.1. The van der Waals surface area contributed by atoms with Crippen molar-refractivity contribution in [1.29, 1.82) is 0 Å². The quantitative estimate of drug-likeness (QED) is 0.384. The molecule has 0 spiro atoms. The Morgan fingerprint density at radius 2 is 1.70 bits per heavy atom. The fraction of sp³-hybridized carbons (Fsp3) is 0.0455. The predicted octanol–water partition coefficient (Wildman–Crippen LogP) is 6.22. The van der Waals surface area contributed by atoms with Crippen LogP contribution in [0.5, 0.6) is 0 Å². The Hall–Kier alpha value is -2.92. The zero-order valence-corrected chi connectivity index (χ0v) is 15.9. The van der Waals surface area contributed by atoms with Gasteiger partial charge in [-0.05, 0) is 57.9 Å². The summed E-state index contributed by atoms with van der Waals surface area (Å²) >= 11 is 3.55. The highest BCUT2D eigenvalue weighted by molar-refractivity contribution is 9.10. The minimum absolute atomic E-state index is 0.202. The van der Waals surface area contributed by atoms with Gasteiger partial charge in [0.2, 0.25) is 0 Å². The molecule has 1 heterocycles. The van der Waals surface area contributed by atoms with Gasteiger partial charge in [0.15, 0.2) is 0 Å². The normalized spacial score (nSPS) is 10.9. The Kier molecular flexibility index (Phi) is 4.77. The smallest absolute Gasteiger partial charge is 0.288 e. The number of fused-ring (bicyclic) bond motifs is 1. The van der Waals surface area contributed by atoms with Crippen molar-refractivity contribution in [3.05, 3.63) is 101 Å². The summed E-state index contributed by atoms with van der Waals surface area (Å²) in [6, 6.07) is 23.4. The van der Waals surface area contributed by atoms with Crippen molar-refractivity contribution in [2.75, 3.05) is 4.90 Å². The molecule has 0 aliphatic carbocycles. The lowest BCUT2D eigenvalue weighted by atomic mass is 10.2. The molecule has 1 amide bonds. The lowest BCUT2D eigenvalue weighted by molar-refractivity contribution is 0.248. The average molecular weight is 423 g/mol. The molecule has 134 valence electrons. The van der Waals surface area contributed by atoms with E-state index in [-0.39, 0.29) is 11.8 Å². The molecule has 27 heavy (non-hydrogen) atoms. The number of carbonyl (C=O) groups excluding carboxylic acids is 1. The number of halogens is 2. The van der Waals surface area contributed by atoms with E-state index in [1.54, 1.807) is 27.8 Å². The standard InChI is InChI=1S/C22H16BrFN2O/c23-19-8-4-5-9-21(19)26(15-16-6-2-1-3-7-16)22(27)25-13-12-17-14-18(24)10-11-20(17)25/h1-14H,15H2. The van der Waals surface area contributed by atoms with Gasteiger partial charge in [-0.2, -0.15) is 0 Å². The van der Waals surface area contributed by atoms with Crippen LogP contribution in [0.4, 0.5) is 14.9 Å². The van der Waals surface area contributed by atoms with Crippen LogP contribution in [0, 0.1) is 5.82 Å². The minimum atomic E-state index is -0.320. The fourth-order valence-electron chi connectivity index (χ4n) is 3.10. The zero-order chi connectivity index (χ0) is 18.8. The van der Waals surface area contributed by atoms with E-state index in [0.29, 0.717) is 17.4 Å². The topological polar surface area (TPSA) is 25.2 Å². The monoisotopic (exact) mass is 422 g/mol.